The van der Waals surface area contributed by atoms with Gasteiger partial charge in [-0.3, -0.25) is 19.2 Å². The Labute approximate surface area is 211 Å². The Morgan fingerprint density at radius 3 is 2.08 bits per heavy atom. The molecule has 0 spiro atoms. The number of aromatic amines is 1. The van der Waals surface area contributed by atoms with E-state index >= 15 is 0 Å². The van der Waals surface area contributed by atoms with Gasteiger partial charge in [0.1, 0.15) is 18.1 Å². The smallest absolute Gasteiger partial charge is 0.328 e. The van der Waals surface area contributed by atoms with Crippen molar-refractivity contribution in [1.29, 1.82) is 0 Å². The fraction of sp³-hybridized carbons (Fsp3) is 0.391. The van der Waals surface area contributed by atoms with Crippen LogP contribution in [0.3, 0.4) is 0 Å². The zero-order chi connectivity index (χ0) is 27.4. The third-order valence-electron chi connectivity index (χ3n) is 5.32. The second kappa shape index (κ2) is 14.3. The van der Waals surface area contributed by atoms with E-state index in [9.17, 15) is 29.1 Å². The Morgan fingerprint density at radius 1 is 0.892 bits per heavy atom. The van der Waals surface area contributed by atoms with Crippen LogP contribution < -0.4 is 21.7 Å². The van der Waals surface area contributed by atoms with E-state index in [1.807, 2.05) is 0 Å². The molecule has 14 heteroatoms. The van der Waals surface area contributed by atoms with Crippen LogP contribution in [0.5, 0.6) is 0 Å². The lowest BCUT2D eigenvalue weighted by atomic mass is 10.0. The number of carbonyl (C=O) groups is 5. The summed E-state index contributed by atoms with van der Waals surface area (Å²) in [6.07, 6.45) is 2.00. The van der Waals surface area contributed by atoms with Crippen molar-refractivity contribution in [3.05, 3.63) is 54.1 Å². The van der Waals surface area contributed by atoms with E-state index in [2.05, 4.69) is 25.9 Å². The van der Waals surface area contributed by atoms with Crippen molar-refractivity contribution in [1.82, 2.24) is 25.9 Å². The van der Waals surface area contributed by atoms with Gasteiger partial charge in [0.2, 0.25) is 17.7 Å². The molecule has 9 N–H and O–H groups in total. The Balaban J connectivity index is 2.16. The van der Waals surface area contributed by atoms with Crippen molar-refractivity contribution in [2.75, 3.05) is 6.61 Å². The number of amides is 3. The molecule has 0 aliphatic carbocycles. The van der Waals surface area contributed by atoms with Crippen molar-refractivity contribution < 1.29 is 39.3 Å². The summed E-state index contributed by atoms with van der Waals surface area (Å²) in [6, 6.07) is 3.56. The van der Waals surface area contributed by atoms with Crippen LogP contribution in [-0.2, 0) is 36.8 Å². The van der Waals surface area contributed by atoms with Crippen LogP contribution in [-0.4, -0.2) is 85.7 Å². The lowest BCUT2D eigenvalue weighted by Gasteiger charge is -2.24. The normalized spacial score (nSPS) is 14.0. The number of aromatic nitrogens is 2. The van der Waals surface area contributed by atoms with E-state index in [0.717, 1.165) is 5.56 Å². The van der Waals surface area contributed by atoms with Gasteiger partial charge in [-0.05, 0) is 18.4 Å². The molecule has 37 heavy (non-hydrogen) atoms. The Hall–Kier alpha value is -4.30. The maximum Gasteiger partial charge on any atom is 0.328 e. The van der Waals surface area contributed by atoms with Gasteiger partial charge in [0.05, 0.1) is 19.0 Å². The molecule has 4 unspecified atom stereocenters. The van der Waals surface area contributed by atoms with Gasteiger partial charge in [-0.1, -0.05) is 30.3 Å². The minimum absolute atomic E-state index is 0.136. The van der Waals surface area contributed by atoms with E-state index in [0.29, 0.717) is 5.69 Å². The lowest BCUT2D eigenvalue weighted by molar-refractivity contribution is -0.143. The van der Waals surface area contributed by atoms with E-state index in [-0.39, 0.29) is 19.3 Å². The van der Waals surface area contributed by atoms with E-state index in [4.69, 9.17) is 15.9 Å². The molecule has 0 radical (unpaired) electrons. The van der Waals surface area contributed by atoms with Gasteiger partial charge in [0.15, 0.2) is 0 Å². The number of carboxylic acids is 2. The molecule has 0 aliphatic heterocycles. The standard InChI is InChI=1S/C23H30N6O8/c24-15(8-13-4-2-1-3-5-13)20(33)27-16(6-7-19(31)32)21(34)28-17(9-14-10-25-12-26-14)22(35)29-18(11-30)23(36)37/h1-5,10,12,15-18,30H,6-9,11,24H2,(H,25,26)(H,27,33)(H,28,34)(H,29,35)(H,31,32)(H,36,37). The van der Waals surface area contributed by atoms with Crippen LogP contribution in [0, 0.1) is 0 Å². The van der Waals surface area contributed by atoms with Crippen molar-refractivity contribution in [2.45, 2.75) is 49.9 Å². The van der Waals surface area contributed by atoms with Crippen molar-refractivity contribution in [2.24, 2.45) is 5.73 Å². The molecule has 0 saturated carbocycles. The third kappa shape index (κ3) is 9.70. The van der Waals surface area contributed by atoms with Gasteiger partial charge in [0, 0.05) is 24.7 Å². The van der Waals surface area contributed by atoms with E-state index in [1.54, 1.807) is 30.3 Å². The maximum atomic E-state index is 13.1. The van der Waals surface area contributed by atoms with Crippen molar-refractivity contribution in [3.63, 3.8) is 0 Å². The Morgan fingerprint density at radius 2 is 1.51 bits per heavy atom. The molecule has 14 nitrogen and oxygen atoms in total. The molecular weight excluding hydrogens is 488 g/mol. The largest absolute Gasteiger partial charge is 0.481 e. The summed E-state index contributed by atoms with van der Waals surface area (Å²) in [5, 5.41) is 34.4. The molecule has 200 valence electrons. The van der Waals surface area contributed by atoms with Gasteiger partial charge >= 0.3 is 11.9 Å². The van der Waals surface area contributed by atoms with Crippen molar-refractivity contribution in [3.8, 4) is 0 Å². The highest BCUT2D eigenvalue weighted by molar-refractivity contribution is 5.94. The number of imidazole rings is 1. The summed E-state index contributed by atoms with van der Waals surface area (Å²) in [5.74, 6) is -5.19. The van der Waals surface area contributed by atoms with Gasteiger partial charge in [-0.2, -0.15) is 0 Å². The first-order chi connectivity index (χ1) is 17.6. The topological polar surface area (TPSA) is 237 Å². The third-order valence-corrected chi connectivity index (χ3v) is 5.32. The summed E-state index contributed by atoms with van der Waals surface area (Å²) < 4.78 is 0. The van der Waals surface area contributed by atoms with E-state index < -0.39 is 66.9 Å². The second-order valence-electron chi connectivity index (χ2n) is 8.21. The number of nitrogens with two attached hydrogens (primary N) is 1. The molecule has 4 atom stereocenters. The van der Waals surface area contributed by atoms with Gasteiger partial charge < -0.3 is 42.0 Å². The van der Waals surface area contributed by atoms with Crippen LogP contribution in [0.2, 0.25) is 0 Å². The summed E-state index contributed by atoms with van der Waals surface area (Å²) >= 11 is 0. The fourth-order valence-electron chi connectivity index (χ4n) is 3.33. The molecule has 0 fully saturated rings. The van der Waals surface area contributed by atoms with E-state index in [1.165, 1.54) is 12.5 Å². The Bertz CT molecular complexity index is 1060. The average Bonchev–Trinajstić information content (AvgIpc) is 3.37. The van der Waals surface area contributed by atoms with Gasteiger partial charge in [-0.15, -0.1) is 0 Å². The number of aliphatic carboxylic acids is 2. The highest BCUT2D eigenvalue weighted by Gasteiger charge is 2.31. The highest BCUT2D eigenvalue weighted by atomic mass is 16.4. The molecule has 2 rings (SSSR count). The molecule has 2 aromatic rings. The van der Waals surface area contributed by atoms with Crippen LogP contribution in [0.15, 0.2) is 42.9 Å². The number of aliphatic hydroxyl groups excluding tert-OH is 1. The van der Waals surface area contributed by atoms with Crippen molar-refractivity contribution >= 4 is 29.7 Å². The van der Waals surface area contributed by atoms with Crippen LogP contribution in [0.25, 0.3) is 0 Å². The zero-order valence-corrected chi connectivity index (χ0v) is 19.8. The predicted molar refractivity (Wildman–Crippen MR) is 128 cm³/mol. The van der Waals surface area contributed by atoms with Gasteiger partial charge in [-0.25, -0.2) is 9.78 Å². The quantitative estimate of drug-likeness (QED) is 0.128. The molecule has 0 saturated heterocycles. The number of rotatable bonds is 15. The number of H-pyrrole nitrogens is 1. The minimum atomic E-state index is -1.62. The maximum absolute atomic E-state index is 13.1. The van der Waals surface area contributed by atoms with Crippen LogP contribution in [0.1, 0.15) is 24.1 Å². The predicted octanol–water partition coefficient (Wildman–Crippen LogP) is -2.08. The number of nitrogens with one attached hydrogen (secondary N) is 4. The average molecular weight is 519 g/mol. The first kappa shape index (κ1) is 28.9. The first-order valence-corrected chi connectivity index (χ1v) is 11.3. The number of carboxylic acid groups (broad SMARTS) is 2. The minimum Gasteiger partial charge on any atom is -0.481 e. The molecule has 1 aromatic carbocycles. The molecule has 0 aliphatic rings. The van der Waals surface area contributed by atoms with Gasteiger partial charge in [0.25, 0.3) is 0 Å². The SMILES string of the molecule is NC(Cc1ccccc1)C(=O)NC(CCC(=O)O)C(=O)NC(Cc1cnc[nH]1)C(=O)NC(CO)C(=O)O. The summed E-state index contributed by atoms with van der Waals surface area (Å²) in [4.78, 5) is 67.4. The molecule has 3 amide bonds. The number of carbonyl (C=O) groups excluding carboxylic acids is 3. The highest BCUT2D eigenvalue weighted by Crippen LogP contribution is 2.06. The van der Waals surface area contributed by atoms with Crippen LogP contribution in [0.4, 0.5) is 0 Å². The Kier molecular flexibility index (Phi) is 11.2. The number of hydrogen-bond acceptors (Lipinski definition) is 8. The second-order valence-corrected chi connectivity index (χ2v) is 8.21. The lowest BCUT2D eigenvalue weighted by Crippen LogP contribution is -2.58. The number of aliphatic hydroxyl groups is 1. The molecular formula is C23H30N6O8. The molecule has 1 heterocycles. The number of benzene rings is 1. The zero-order valence-electron chi connectivity index (χ0n) is 19.8. The number of hydrogen-bond donors (Lipinski definition) is 8. The monoisotopic (exact) mass is 518 g/mol. The summed E-state index contributed by atoms with van der Waals surface area (Å²) in [5.41, 5.74) is 7.18. The van der Waals surface area contributed by atoms with Crippen LogP contribution >= 0.6 is 0 Å². The first-order valence-electron chi connectivity index (χ1n) is 11.3. The summed E-state index contributed by atoms with van der Waals surface area (Å²) in [6.45, 7) is -0.887. The number of nitrogens with zero attached hydrogens (tertiary/aromatic N) is 1. The summed E-state index contributed by atoms with van der Waals surface area (Å²) in [7, 11) is 0. The molecule has 1 aromatic heterocycles. The fourth-order valence-corrected chi connectivity index (χ4v) is 3.33. The molecule has 0 bridgehead atoms.